The Hall–Kier alpha value is -3.39. The lowest BCUT2D eigenvalue weighted by molar-refractivity contribution is 0.0953. The van der Waals surface area contributed by atoms with Crippen molar-refractivity contribution in [3.05, 3.63) is 76.4 Å². The minimum atomic E-state index is -0.341. The molecule has 3 amide bonds. The summed E-state index contributed by atoms with van der Waals surface area (Å²) >= 11 is 1.38. The summed E-state index contributed by atoms with van der Waals surface area (Å²) in [6.07, 6.45) is 2.02. The number of furan rings is 1. The molecule has 7 nitrogen and oxygen atoms in total. The van der Waals surface area contributed by atoms with E-state index in [-0.39, 0.29) is 23.5 Å². The lowest BCUT2D eigenvalue weighted by Crippen LogP contribution is -2.32. The molecule has 0 aliphatic carbocycles. The van der Waals surface area contributed by atoms with Gasteiger partial charge in [-0.3, -0.25) is 14.4 Å². The van der Waals surface area contributed by atoms with Gasteiger partial charge in [0.25, 0.3) is 17.7 Å². The zero-order valence-electron chi connectivity index (χ0n) is 15.9. The number of benzene rings is 1. The molecule has 0 saturated heterocycles. The molecule has 0 bridgehead atoms. The Morgan fingerprint density at radius 3 is 2.41 bits per heavy atom. The Labute approximate surface area is 172 Å². The summed E-state index contributed by atoms with van der Waals surface area (Å²) in [5.74, 6) is -0.547. The van der Waals surface area contributed by atoms with E-state index < -0.39 is 0 Å². The Morgan fingerprint density at radius 1 is 0.966 bits per heavy atom. The van der Waals surface area contributed by atoms with E-state index in [1.54, 1.807) is 49.5 Å². The summed E-state index contributed by atoms with van der Waals surface area (Å²) in [7, 11) is 1.59. The third kappa shape index (κ3) is 5.11. The molecule has 2 N–H and O–H groups in total. The average molecular weight is 411 g/mol. The van der Waals surface area contributed by atoms with Gasteiger partial charge in [0, 0.05) is 20.1 Å². The molecule has 0 unspecified atom stereocenters. The second-order valence-electron chi connectivity index (χ2n) is 6.20. The van der Waals surface area contributed by atoms with Crippen molar-refractivity contribution >= 4 is 34.7 Å². The SMILES string of the molecule is CN(C(=O)c1ccco1)c1ccccc1C(=O)NCCCNC(=O)c1cccs1. The van der Waals surface area contributed by atoms with Crippen molar-refractivity contribution in [2.45, 2.75) is 6.42 Å². The largest absolute Gasteiger partial charge is 0.459 e. The van der Waals surface area contributed by atoms with Crippen LogP contribution in [0.15, 0.2) is 64.6 Å². The monoisotopic (exact) mass is 411 g/mol. The fourth-order valence-corrected chi connectivity index (χ4v) is 3.36. The van der Waals surface area contributed by atoms with Crippen molar-refractivity contribution in [2.75, 3.05) is 25.0 Å². The molecule has 1 aromatic carbocycles. The van der Waals surface area contributed by atoms with E-state index in [0.717, 1.165) is 0 Å². The highest BCUT2D eigenvalue weighted by atomic mass is 32.1. The van der Waals surface area contributed by atoms with Crippen molar-refractivity contribution in [2.24, 2.45) is 0 Å². The van der Waals surface area contributed by atoms with E-state index in [1.807, 2.05) is 11.4 Å². The first-order valence-corrected chi connectivity index (χ1v) is 9.96. The Morgan fingerprint density at radius 2 is 1.72 bits per heavy atom. The third-order valence-electron chi connectivity index (χ3n) is 4.22. The molecule has 0 atom stereocenters. The number of hydrogen-bond donors (Lipinski definition) is 2. The average Bonchev–Trinajstić information content (AvgIpc) is 3.46. The van der Waals surface area contributed by atoms with Gasteiger partial charge in [0.2, 0.25) is 0 Å². The van der Waals surface area contributed by atoms with Crippen molar-refractivity contribution in [3.63, 3.8) is 0 Å². The molecule has 150 valence electrons. The predicted molar refractivity (Wildman–Crippen MR) is 111 cm³/mol. The van der Waals surface area contributed by atoms with E-state index in [0.29, 0.717) is 35.6 Å². The molecule has 0 radical (unpaired) electrons. The van der Waals surface area contributed by atoms with E-state index in [4.69, 9.17) is 4.42 Å². The molecule has 0 aliphatic heterocycles. The van der Waals surface area contributed by atoms with Crippen molar-refractivity contribution < 1.29 is 18.8 Å². The second kappa shape index (κ2) is 9.70. The van der Waals surface area contributed by atoms with Crippen LogP contribution in [0.25, 0.3) is 0 Å². The standard InChI is InChI=1S/C21H21N3O4S/c1-24(21(27)17-9-4-13-28-17)16-8-3-2-7-15(16)19(25)22-11-6-12-23-20(26)18-10-5-14-29-18/h2-5,7-10,13-14H,6,11-12H2,1H3,(H,22,25)(H,23,26). The first-order chi connectivity index (χ1) is 14.1. The number of anilines is 1. The van der Waals surface area contributed by atoms with Gasteiger partial charge >= 0.3 is 0 Å². The van der Waals surface area contributed by atoms with Gasteiger partial charge in [-0.05, 0) is 42.1 Å². The number of hydrogen-bond acceptors (Lipinski definition) is 5. The maximum Gasteiger partial charge on any atom is 0.293 e. The summed E-state index contributed by atoms with van der Waals surface area (Å²) in [6, 6.07) is 13.7. The van der Waals surface area contributed by atoms with Gasteiger partial charge in [0.1, 0.15) is 0 Å². The summed E-state index contributed by atoms with van der Waals surface area (Å²) in [5, 5.41) is 7.49. The molecule has 0 spiro atoms. The molecule has 0 saturated carbocycles. The van der Waals surface area contributed by atoms with Crippen LogP contribution in [-0.4, -0.2) is 37.9 Å². The summed E-state index contributed by atoms with van der Waals surface area (Å²) < 4.78 is 5.15. The lowest BCUT2D eigenvalue weighted by Gasteiger charge is -2.19. The van der Waals surface area contributed by atoms with Crippen LogP contribution in [0.3, 0.4) is 0 Å². The minimum Gasteiger partial charge on any atom is -0.459 e. The normalized spacial score (nSPS) is 10.4. The number of para-hydroxylation sites is 1. The number of carbonyl (C=O) groups is 3. The summed E-state index contributed by atoms with van der Waals surface area (Å²) in [6.45, 7) is 0.850. The summed E-state index contributed by atoms with van der Waals surface area (Å²) in [5.41, 5.74) is 0.870. The van der Waals surface area contributed by atoms with E-state index in [2.05, 4.69) is 10.6 Å². The van der Waals surface area contributed by atoms with Crippen LogP contribution in [0.5, 0.6) is 0 Å². The summed E-state index contributed by atoms with van der Waals surface area (Å²) in [4.78, 5) is 39.0. The molecule has 2 heterocycles. The zero-order chi connectivity index (χ0) is 20.6. The van der Waals surface area contributed by atoms with Crippen LogP contribution in [0.2, 0.25) is 0 Å². The quantitative estimate of drug-likeness (QED) is 0.557. The first kappa shape index (κ1) is 20.3. The second-order valence-corrected chi connectivity index (χ2v) is 7.15. The Bertz CT molecular complexity index is 968. The molecule has 3 rings (SSSR count). The maximum atomic E-state index is 12.6. The fourth-order valence-electron chi connectivity index (χ4n) is 2.72. The van der Waals surface area contributed by atoms with Crippen molar-refractivity contribution in [1.29, 1.82) is 0 Å². The molecule has 0 fully saturated rings. The number of nitrogens with one attached hydrogen (secondary N) is 2. The highest BCUT2D eigenvalue weighted by Gasteiger charge is 2.21. The molecule has 8 heteroatoms. The van der Waals surface area contributed by atoms with Crippen molar-refractivity contribution in [3.8, 4) is 0 Å². The molecule has 29 heavy (non-hydrogen) atoms. The van der Waals surface area contributed by atoms with Crippen LogP contribution in [0, 0.1) is 0 Å². The van der Waals surface area contributed by atoms with Crippen LogP contribution >= 0.6 is 11.3 Å². The van der Waals surface area contributed by atoms with E-state index in [9.17, 15) is 14.4 Å². The van der Waals surface area contributed by atoms with Crippen LogP contribution in [-0.2, 0) is 0 Å². The predicted octanol–water partition coefficient (Wildman–Crippen LogP) is 3.17. The topological polar surface area (TPSA) is 91.7 Å². The van der Waals surface area contributed by atoms with Gasteiger partial charge in [-0.25, -0.2) is 0 Å². The van der Waals surface area contributed by atoms with Gasteiger partial charge in [0.05, 0.1) is 22.4 Å². The lowest BCUT2D eigenvalue weighted by atomic mass is 10.1. The van der Waals surface area contributed by atoms with Gasteiger partial charge < -0.3 is 20.0 Å². The van der Waals surface area contributed by atoms with Gasteiger partial charge in [-0.1, -0.05) is 18.2 Å². The highest BCUT2D eigenvalue weighted by Crippen LogP contribution is 2.21. The zero-order valence-corrected chi connectivity index (χ0v) is 16.7. The van der Waals surface area contributed by atoms with Crippen molar-refractivity contribution in [1.82, 2.24) is 10.6 Å². The number of thiophene rings is 1. The van der Waals surface area contributed by atoms with Crippen LogP contribution in [0.1, 0.15) is 37.0 Å². The highest BCUT2D eigenvalue weighted by molar-refractivity contribution is 7.12. The minimum absolute atomic E-state index is 0.116. The molecule has 2 aromatic heterocycles. The number of rotatable bonds is 8. The Balaban J connectivity index is 1.53. The van der Waals surface area contributed by atoms with Gasteiger partial charge in [-0.15, -0.1) is 11.3 Å². The Kier molecular flexibility index (Phi) is 6.80. The molecule has 0 aliphatic rings. The molecular formula is C21H21N3O4S. The first-order valence-electron chi connectivity index (χ1n) is 9.08. The molecular weight excluding hydrogens is 390 g/mol. The number of amides is 3. The number of nitrogens with zero attached hydrogens (tertiary/aromatic N) is 1. The van der Waals surface area contributed by atoms with E-state index in [1.165, 1.54) is 22.5 Å². The van der Waals surface area contributed by atoms with Crippen LogP contribution in [0.4, 0.5) is 5.69 Å². The molecule has 3 aromatic rings. The third-order valence-corrected chi connectivity index (χ3v) is 5.08. The van der Waals surface area contributed by atoms with Gasteiger partial charge in [0.15, 0.2) is 5.76 Å². The smallest absolute Gasteiger partial charge is 0.293 e. The van der Waals surface area contributed by atoms with E-state index >= 15 is 0 Å². The van der Waals surface area contributed by atoms with Crippen LogP contribution < -0.4 is 15.5 Å². The fraction of sp³-hybridized carbons (Fsp3) is 0.190. The number of carbonyl (C=O) groups excluding carboxylic acids is 3. The maximum absolute atomic E-state index is 12.6. The van der Waals surface area contributed by atoms with Gasteiger partial charge in [-0.2, -0.15) is 0 Å².